The maximum atomic E-state index is 11.6. The minimum absolute atomic E-state index is 0.0749. The fourth-order valence-corrected chi connectivity index (χ4v) is 1.26. The number of ether oxygens (including phenoxy) is 1. The number of allylic oxidation sites excluding steroid dienone is 1. The van der Waals surface area contributed by atoms with Gasteiger partial charge in [0.15, 0.2) is 6.61 Å². The fourth-order valence-electron chi connectivity index (χ4n) is 1.26. The van der Waals surface area contributed by atoms with Crippen LogP contribution in [0.2, 0.25) is 0 Å². The molecule has 0 fully saturated rings. The zero-order chi connectivity index (χ0) is 14.4. The number of rotatable bonds is 5. The number of hydrogen-bond acceptors (Lipinski definition) is 6. The van der Waals surface area contributed by atoms with Crippen LogP contribution in [0.3, 0.4) is 0 Å². The number of benzene rings is 1. The summed E-state index contributed by atoms with van der Waals surface area (Å²) in [6.07, 6.45) is 0. The number of carbonyl (C=O) groups is 1. The number of Topliss-reactive ketones (excluding diaryl/α,β-unsaturated/α-hetero) is 1. The van der Waals surface area contributed by atoms with E-state index in [1.54, 1.807) is 6.07 Å². The molecule has 0 amide bonds. The van der Waals surface area contributed by atoms with E-state index in [2.05, 4.69) is 0 Å². The third kappa shape index (κ3) is 3.81. The topological polar surface area (TPSA) is 119 Å². The van der Waals surface area contributed by atoms with Gasteiger partial charge in [-0.15, -0.1) is 0 Å². The van der Waals surface area contributed by atoms with E-state index in [1.165, 1.54) is 31.2 Å². The minimum atomic E-state index is -0.541. The van der Waals surface area contributed by atoms with Crippen LogP contribution < -0.4 is 10.5 Å². The molecule has 0 bridgehead atoms. The summed E-state index contributed by atoms with van der Waals surface area (Å²) in [6, 6.07) is 6.96. The normalized spacial score (nSPS) is 11.2. The van der Waals surface area contributed by atoms with Crippen LogP contribution in [0, 0.1) is 21.4 Å². The molecule has 19 heavy (non-hydrogen) atoms. The quantitative estimate of drug-likeness (QED) is 0.369. The van der Waals surface area contributed by atoms with Crippen molar-refractivity contribution < 1.29 is 14.5 Å². The summed E-state index contributed by atoms with van der Waals surface area (Å²) >= 11 is 0. The molecule has 0 aliphatic carbocycles. The van der Waals surface area contributed by atoms with Crippen molar-refractivity contribution in [3.8, 4) is 11.8 Å². The molecular formula is C12H11N3O4. The molecule has 0 radical (unpaired) electrons. The number of carbonyl (C=O) groups excluding carboxylic acids is 1. The average molecular weight is 261 g/mol. The molecule has 0 spiro atoms. The lowest BCUT2D eigenvalue weighted by Crippen LogP contribution is -2.16. The fraction of sp³-hybridized carbons (Fsp3) is 0.167. The standard InChI is InChI=1S/C12H11N3O4/c1-8(14)11(6-13)12(16)7-19-10-4-2-9(3-5-10)15(17)18/h2-5H,7,14H2,1H3. The molecule has 2 N–H and O–H groups in total. The lowest BCUT2D eigenvalue weighted by atomic mass is 10.1. The average Bonchev–Trinajstić information content (AvgIpc) is 2.37. The Kier molecular flexibility index (Phi) is 4.60. The summed E-state index contributed by atoms with van der Waals surface area (Å²) in [6.45, 7) is 1.09. The third-order valence-corrected chi connectivity index (χ3v) is 2.20. The maximum absolute atomic E-state index is 11.6. The predicted octanol–water partition coefficient (Wildman–Crippen LogP) is 1.30. The summed E-state index contributed by atoms with van der Waals surface area (Å²) in [4.78, 5) is 21.5. The van der Waals surface area contributed by atoms with E-state index < -0.39 is 10.7 Å². The van der Waals surface area contributed by atoms with Gasteiger partial charge in [-0.05, 0) is 19.1 Å². The van der Waals surface area contributed by atoms with Gasteiger partial charge in [-0.1, -0.05) is 0 Å². The van der Waals surface area contributed by atoms with Crippen molar-refractivity contribution >= 4 is 11.5 Å². The Labute approximate surface area is 109 Å². The first kappa shape index (κ1) is 14.2. The summed E-state index contributed by atoms with van der Waals surface area (Å²) < 4.78 is 5.12. The lowest BCUT2D eigenvalue weighted by molar-refractivity contribution is -0.384. The molecule has 0 atom stereocenters. The van der Waals surface area contributed by atoms with Crippen LogP contribution in [0.1, 0.15) is 6.92 Å². The van der Waals surface area contributed by atoms with Crippen molar-refractivity contribution in [2.24, 2.45) is 5.73 Å². The Bertz CT molecular complexity index is 566. The molecule has 0 aliphatic heterocycles. The predicted molar refractivity (Wildman–Crippen MR) is 66.1 cm³/mol. The van der Waals surface area contributed by atoms with Crippen molar-refractivity contribution in [2.45, 2.75) is 6.92 Å². The zero-order valence-electron chi connectivity index (χ0n) is 10.1. The summed E-state index contributed by atoms with van der Waals surface area (Å²) in [7, 11) is 0. The van der Waals surface area contributed by atoms with Crippen LogP contribution in [-0.2, 0) is 4.79 Å². The highest BCUT2D eigenvalue weighted by Crippen LogP contribution is 2.17. The van der Waals surface area contributed by atoms with Gasteiger partial charge >= 0.3 is 0 Å². The molecule has 98 valence electrons. The van der Waals surface area contributed by atoms with Crippen LogP contribution >= 0.6 is 0 Å². The van der Waals surface area contributed by atoms with Gasteiger partial charge in [0.1, 0.15) is 17.4 Å². The van der Waals surface area contributed by atoms with Gasteiger partial charge in [0, 0.05) is 17.8 Å². The van der Waals surface area contributed by atoms with E-state index in [9.17, 15) is 14.9 Å². The molecule has 7 nitrogen and oxygen atoms in total. The van der Waals surface area contributed by atoms with Crippen LogP contribution in [0.5, 0.6) is 5.75 Å². The molecule has 1 aromatic rings. The largest absolute Gasteiger partial charge is 0.485 e. The highest BCUT2D eigenvalue weighted by molar-refractivity contribution is 6.00. The van der Waals surface area contributed by atoms with Crippen molar-refractivity contribution in [3.05, 3.63) is 45.6 Å². The van der Waals surface area contributed by atoms with E-state index in [0.29, 0.717) is 5.75 Å². The second-order valence-electron chi connectivity index (χ2n) is 3.63. The van der Waals surface area contributed by atoms with Crippen LogP contribution in [-0.4, -0.2) is 17.3 Å². The number of ketones is 1. The van der Waals surface area contributed by atoms with Crippen molar-refractivity contribution in [1.82, 2.24) is 0 Å². The van der Waals surface area contributed by atoms with Crippen LogP contribution in [0.25, 0.3) is 0 Å². The third-order valence-electron chi connectivity index (χ3n) is 2.20. The Morgan fingerprint density at radius 1 is 1.47 bits per heavy atom. The Hall–Kier alpha value is -2.88. The van der Waals surface area contributed by atoms with Gasteiger partial charge in [-0.2, -0.15) is 5.26 Å². The monoisotopic (exact) mass is 261 g/mol. The van der Waals surface area contributed by atoms with Crippen molar-refractivity contribution in [3.63, 3.8) is 0 Å². The molecule has 7 heteroatoms. The maximum Gasteiger partial charge on any atom is 0.269 e. The van der Waals surface area contributed by atoms with Gasteiger partial charge in [-0.25, -0.2) is 0 Å². The number of hydrogen-bond donors (Lipinski definition) is 1. The molecule has 0 saturated carbocycles. The first-order valence-electron chi connectivity index (χ1n) is 5.22. The summed E-state index contributed by atoms with van der Waals surface area (Å²) in [5, 5.41) is 19.2. The van der Waals surface area contributed by atoms with E-state index >= 15 is 0 Å². The highest BCUT2D eigenvalue weighted by Gasteiger charge is 2.12. The number of non-ortho nitro benzene ring substituents is 1. The lowest BCUT2D eigenvalue weighted by Gasteiger charge is -2.05. The van der Waals surface area contributed by atoms with Crippen molar-refractivity contribution in [1.29, 1.82) is 5.26 Å². The van der Waals surface area contributed by atoms with Gasteiger partial charge in [0.05, 0.1) is 4.92 Å². The number of nitriles is 1. The molecule has 0 aromatic heterocycles. The number of nitro benzene ring substituents is 1. The first-order chi connectivity index (χ1) is 8.95. The first-order valence-corrected chi connectivity index (χ1v) is 5.22. The molecule has 0 unspecified atom stereocenters. The van der Waals surface area contributed by atoms with E-state index in [1.807, 2.05) is 0 Å². The van der Waals surface area contributed by atoms with Gasteiger partial charge in [-0.3, -0.25) is 14.9 Å². The molecule has 1 rings (SSSR count). The molecule has 0 aliphatic rings. The van der Waals surface area contributed by atoms with E-state index in [4.69, 9.17) is 15.7 Å². The Morgan fingerprint density at radius 2 is 2.05 bits per heavy atom. The SMILES string of the molecule is CC(N)=C(C#N)C(=O)COc1ccc([N+](=O)[O-])cc1. The van der Waals surface area contributed by atoms with E-state index in [-0.39, 0.29) is 23.6 Å². The Morgan fingerprint density at radius 3 is 2.47 bits per heavy atom. The van der Waals surface area contributed by atoms with Crippen LogP contribution in [0.4, 0.5) is 5.69 Å². The second-order valence-corrected chi connectivity index (χ2v) is 3.63. The Balaban J connectivity index is 2.68. The smallest absolute Gasteiger partial charge is 0.269 e. The van der Waals surface area contributed by atoms with Gasteiger partial charge in [0.25, 0.3) is 5.69 Å². The molecule has 0 saturated heterocycles. The zero-order valence-corrected chi connectivity index (χ0v) is 10.1. The summed E-state index contributed by atoms with van der Waals surface area (Å²) in [5.41, 5.74) is 5.27. The van der Waals surface area contributed by atoms with Gasteiger partial charge in [0.2, 0.25) is 5.78 Å². The second kappa shape index (κ2) is 6.16. The molecule has 0 heterocycles. The minimum Gasteiger partial charge on any atom is -0.485 e. The van der Waals surface area contributed by atoms with Gasteiger partial charge < -0.3 is 10.5 Å². The number of nitrogens with zero attached hydrogens (tertiary/aromatic N) is 2. The van der Waals surface area contributed by atoms with E-state index in [0.717, 1.165) is 0 Å². The molecule has 1 aromatic carbocycles. The van der Waals surface area contributed by atoms with Crippen LogP contribution in [0.15, 0.2) is 35.5 Å². The summed E-state index contributed by atoms with van der Waals surface area (Å²) in [5.74, 6) is -0.244. The van der Waals surface area contributed by atoms with Crippen molar-refractivity contribution in [2.75, 3.05) is 6.61 Å². The number of nitro groups is 1. The highest BCUT2D eigenvalue weighted by atomic mass is 16.6. The number of nitrogens with two attached hydrogens (primary N) is 1. The molecular weight excluding hydrogens is 250 g/mol.